The van der Waals surface area contributed by atoms with Gasteiger partial charge in [-0.15, -0.1) is 0 Å². The Hall–Kier alpha value is -1.71. The summed E-state index contributed by atoms with van der Waals surface area (Å²) in [6, 6.07) is 15.3. The number of hydrogen-bond acceptors (Lipinski definition) is 2. The van der Waals surface area contributed by atoms with Gasteiger partial charge in [0, 0.05) is 28.8 Å². The molecule has 3 nitrogen and oxygen atoms in total. The molecule has 0 fully saturated rings. The fourth-order valence-corrected chi connectivity index (χ4v) is 2.82. The highest BCUT2D eigenvalue weighted by Gasteiger charge is 2.09. The highest BCUT2D eigenvalue weighted by atomic mass is 35.5. The summed E-state index contributed by atoms with van der Waals surface area (Å²) < 4.78 is 0. The van der Waals surface area contributed by atoms with E-state index in [4.69, 9.17) is 23.2 Å². The van der Waals surface area contributed by atoms with Crippen LogP contribution in [-0.4, -0.2) is 25.5 Å². The average Bonchev–Trinajstić information content (AvgIpc) is 2.55. The van der Waals surface area contributed by atoms with E-state index in [1.165, 1.54) is 0 Å². The maximum absolute atomic E-state index is 12.1. The molecule has 0 radical (unpaired) electrons. The summed E-state index contributed by atoms with van der Waals surface area (Å²) in [5, 5.41) is 4.18. The summed E-state index contributed by atoms with van der Waals surface area (Å²) >= 11 is 12.0. The zero-order valence-electron chi connectivity index (χ0n) is 13.1. The number of likely N-dealkylation sites (N-methyl/N-ethyl adjacent to an activating group) is 1. The molecule has 0 spiro atoms. The lowest BCUT2D eigenvalue weighted by molar-refractivity contribution is -0.119. The molecule has 2 aromatic rings. The van der Waals surface area contributed by atoms with Crippen LogP contribution >= 0.6 is 23.2 Å². The van der Waals surface area contributed by atoms with Crippen molar-refractivity contribution < 1.29 is 4.79 Å². The van der Waals surface area contributed by atoms with Crippen LogP contribution in [0.3, 0.4) is 0 Å². The Morgan fingerprint density at radius 1 is 1.13 bits per heavy atom. The van der Waals surface area contributed by atoms with Crippen LogP contribution in [0.5, 0.6) is 0 Å². The molecule has 0 aliphatic heterocycles. The van der Waals surface area contributed by atoms with Gasteiger partial charge in [-0.1, -0.05) is 47.5 Å². The molecular formula is C18H20Cl2N2O. The Labute approximate surface area is 147 Å². The Morgan fingerprint density at radius 3 is 2.52 bits per heavy atom. The van der Waals surface area contributed by atoms with E-state index in [9.17, 15) is 4.79 Å². The molecule has 1 amide bonds. The molecule has 0 aliphatic rings. The lowest BCUT2D eigenvalue weighted by atomic mass is 10.1. The summed E-state index contributed by atoms with van der Waals surface area (Å²) in [6.45, 7) is 3.70. The Balaban J connectivity index is 1.82. The molecule has 0 aromatic heterocycles. The van der Waals surface area contributed by atoms with Crippen LogP contribution < -0.4 is 10.2 Å². The molecule has 23 heavy (non-hydrogen) atoms. The van der Waals surface area contributed by atoms with Gasteiger partial charge in [-0.05, 0) is 43.2 Å². The highest BCUT2D eigenvalue weighted by molar-refractivity contribution is 6.35. The van der Waals surface area contributed by atoms with Crippen molar-refractivity contribution in [3.05, 3.63) is 64.1 Å². The number of carbonyl (C=O) groups excluding carboxylic acids is 1. The van der Waals surface area contributed by atoms with Crippen LogP contribution in [0.4, 0.5) is 5.69 Å². The van der Waals surface area contributed by atoms with Crippen molar-refractivity contribution in [3.8, 4) is 0 Å². The SMILES string of the molecule is CCN(CC(=O)NCCc1ccc(Cl)cc1Cl)c1ccccc1. The number of para-hydroxylation sites is 1. The predicted molar refractivity (Wildman–Crippen MR) is 97.5 cm³/mol. The van der Waals surface area contributed by atoms with Gasteiger partial charge in [0.05, 0.1) is 6.54 Å². The van der Waals surface area contributed by atoms with Crippen molar-refractivity contribution in [1.82, 2.24) is 5.32 Å². The van der Waals surface area contributed by atoms with Crippen LogP contribution in [0, 0.1) is 0 Å². The topological polar surface area (TPSA) is 32.3 Å². The third-order valence-electron chi connectivity index (χ3n) is 3.57. The molecule has 0 unspecified atom stereocenters. The Kier molecular flexibility index (Phi) is 6.75. The predicted octanol–water partition coefficient (Wildman–Crippen LogP) is 4.18. The molecule has 0 heterocycles. The number of nitrogens with zero attached hydrogens (tertiary/aromatic N) is 1. The third-order valence-corrected chi connectivity index (χ3v) is 4.16. The number of nitrogens with one attached hydrogen (secondary N) is 1. The van der Waals surface area contributed by atoms with Crippen molar-refractivity contribution in [2.75, 3.05) is 24.5 Å². The first-order chi connectivity index (χ1) is 11.1. The maximum atomic E-state index is 12.1. The fourth-order valence-electron chi connectivity index (χ4n) is 2.31. The van der Waals surface area contributed by atoms with Gasteiger partial charge in [0.15, 0.2) is 0 Å². The van der Waals surface area contributed by atoms with Crippen molar-refractivity contribution >= 4 is 34.8 Å². The summed E-state index contributed by atoms with van der Waals surface area (Å²) in [5.41, 5.74) is 2.03. The van der Waals surface area contributed by atoms with E-state index in [-0.39, 0.29) is 5.91 Å². The first kappa shape index (κ1) is 17.6. The monoisotopic (exact) mass is 350 g/mol. The molecule has 5 heteroatoms. The summed E-state index contributed by atoms with van der Waals surface area (Å²) in [5.74, 6) is 0.000731. The van der Waals surface area contributed by atoms with Crippen LogP contribution in [0.15, 0.2) is 48.5 Å². The van der Waals surface area contributed by atoms with Crippen molar-refractivity contribution in [3.63, 3.8) is 0 Å². The number of halogens is 2. The van der Waals surface area contributed by atoms with Gasteiger partial charge in [-0.2, -0.15) is 0 Å². The van der Waals surface area contributed by atoms with Gasteiger partial charge in [0.1, 0.15) is 0 Å². The lowest BCUT2D eigenvalue weighted by Crippen LogP contribution is -2.38. The number of amides is 1. The minimum Gasteiger partial charge on any atom is -0.363 e. The van der Waals surface area contributed by atoms with Crippen LogP contribution in [0.2, 0.25) is 10.0 Å². The minimum absolute atomic E-state index is 0.000731. The molecule has 2 aromatic carbocycles. The second-order valence-corrected chi connectivity index (χ2v) is 6.03. The molecule has 0 saturated carbocycles. The Bertz CT molecular complexity index is 647. The Morgan fingerprint density at radius 2 is 1.87 bits per heavy atom. The van der Waals surface area contributed by atoms with Crippen molar-refractivity contribution in [2.24, 2.45) is 0 Å². The number of benzene rings is 2. The quantitative estimate of drug-likeness (QED) is 0.812. The highest BCUT2D eigenvalue weighted by Crippen LogP contribution is 2.21. The number of carbonyl (C=O) groups is 1. The van der Waals surface area contributed by atoms with Crippen LogP contribution in [-0.2, 0) is 11.2 Å². The summed E-state index contributed by atoms with van der Waals surface area (Å²) in [6.07, 6.45) is 0.680. The molecule has 0 aliphatic carbocycles. The number of hydrogen-bond donors (Lipinski definition) is 1. The minimum atomic E-state index is 0.000731. The van der Waals surface area contributed by atoms with Gasteiger partial charge in [-0.25, -0.2) is 0 Å². The molecule has 2 rings (SSSR count). The lowest BCUT2D eigenvalue weighted by Gasteiger charge is -2.22. The first-order valence-electron chi connectivity index (χ1n) is 7.60. The van der Waals surface area contributed by atoms with Crippen LogP contribution in [0.25, 0.3) is 0 Å². The van der Waals surface area contributed by atoms with Gasteiger partial charge in [-0.3, -0.25) is 4.79 Å². The molecule has 0 bridgehead atoms. The largest absolute Gasteiger partial charge is 0.363 e. The maximum Gasteiger partial charge on any atom is 0.239 e. The van der Waals surface area contributed by atoms with E-state index in [1.54, 1.807) is 12.1 Å². The second kappa shape index (κ2) is 8.80. The average molecular weight is 351 g/mol. The second-order valence-electron chi connectivity index (χ2n) is 5.19. The van der Waals surface area contributed by atoms with E-state index in [0.717, 1.165) is 17.8 Å². The number of rotatable bonds is 7. The zero-order valence-corrected chi connectivity index (χ0v) is 14.6. The molecule has 0 saturated heterocycles. The van der Waals surface area contributed by atoms with E-state index < -0.39 is 0 Å². The van der Waals surface area contributed by atoms with E-state index in [2.05, 4.69) is 5.32 Å². The van der Waals surface area contributed by atoms with Gasteiger partial charge in [0.2, 0.25) is 5.91 Å². The van der Waals surface area contributed by atoms with E-state index in [1.807, 2.05) is 48.2 Å². The molecule has 1 N–H and O–H groups in total. The van der Waals surface area contributed by atoms with Gasteiger partial charge >= 0.3 is 0 Å². The van der Waals surface area contributed by atoms with E-state index in [0.29, 0.717) is 29.6 Å². The van der Waals surface area contributed by atoms with Crippen molar-refractivity contribution in [2.45, 2.75) is 13.3 Å². The van der Waals surface area contributed by atoms with Crippen molar-refractivity contribution in [1.29, 1.82) is 0 Å². The molecule has 122 valence electrons. The number of anilines is 1. The summed E-state index contributed by atoms with van der Waals surface area (Å²) in [4.78, 5) is 14.1. The van der Waals surface area contributed by atoms with Gasteiger partial charge < -0.3 is 10.2 Å². The zero-order chi connectivity index (χ0) is 16.7. The van der Waals surface area contributed by atoms with Crippen LogP contribution in [0.1, 0.15) is 12.5 Å². The van der Waals surface area contributed by atoms with Gasteiger partial charge in [0.25, 0.3) is 0 Å². The molecule has 0 atom stereocenters. The molecular weight excluding hydrogens is 331 g/mol. The first-order valence-corrected chi connectivity index (χ1v) is 8.36. The fraction of sp³-hybridized carbons (Fsp3) is 0.278. The standard InChI is InChI=1S/C18H20Cl2N2O/c1-2-22(16-6-4-3-5-7-16)13-18(23)21-11-10-14-8-9-15(19)12-17(14)20/h3-9,12H,2,10-11,13H2,1H3,(H,21,23). The van der Waals surface area contributed by atoms with E-state index >= 15 is 0 Å². The summed E-state index contributed by atoms with van der Waals surface area (Å²) in [7, 11) is 0. The smallest absolute Gasteiger partial charge is 0.239 e. The normalized spacial score (nSPS) is 10.4. The third kappa shape index (κ3) is 5.45.